The number of carboxylic acids is 1. The number of fused-ring (bicyclic) bond motifs is 1. The summed E-state index contributed by atoms with van der Waals surface area (Å²) in [4.78, 5) is 45.6. The van der Waals surface area contributed by atoms with Gasteiger partial charge in [0.2, 0.25) is 11.8 Å². The van der Waals surface area contributed by atoms with Crippen molar-refractivity contribution >= 4 is 35.5 Å². The molecule has 4 aliphatic rings. The maximum absolute atomic E-state index is 13.3. The first kappa shape index (κ1) is 24.8. The van der Waals surface area contributed by atoms with Gasteiger partial charge < -0.3 is 30.6 Å². The third-order valence-corrected chi connectivity index (χ3v) is 9.04. The number of aliphatic carboxylic acids is 1. The molecule has 188 valence electrons. The molecule has 11 nitrogen and oxygen atoms in total. The smallest absolute Gasteiger partial charge is 0.353 e. The number of aliphatic hydroxyl groups excluding tert-OH is 1. The van der Waals surface area contributed by atoms with Gasteiger partial charge in [-0.05, 0) is 26.8 Å². The number of likely N-dealkylation sites (tertiary alicyclic amines) is 1. The van der Waals surface area contributed by atoms with Crippen LogP contribution in [0.15, 0.2) is 10.6 Å². The molecule has 4 aliphatic heterocycles. The fraction of sp³-hybridized carbons (Fsp3) is 0.727. The Hall–Kier alpha value is -2.31. The molecule has 3 saturated heterocycles. The molecule has 2 amide bonds. The van der Waals surface area contributed by atoms with E-state index in [2.05, 4.69) is 0 Å². The number of carboxylic acid groups (broad SMARTS) is 1. The molecule has 1 unspecified atom stereocenters. The van der Waals surface area contributed by atoms with E-state index in [-0.39, 0.29) is 46.7 Å². The second-order valence-corrected chi connectivity index (χ2v) is 11.1. The summed E-state index contributed by atoms with van der Waals surface area (Å²) in [5.74, 6) is -2.16. The Bertz CT molecular complexity index is 925. The van der Waals surface area contributed by atoms with Gasteiger partial charge in [-0.25, -0.2) is 4.79 Å². The van der Waals surface area contributed by atoms with Gasteiger partial charge in [0.05, 0.1) is 24.1 Å². The first-order valence-electron chi connectivity index (χ1n) is 11.8. The topological polar surface area (TPSA) is 154 Å². The largest absolute Gasteiger partial charge is 0.477 e. The van der Waals surface area contributed by atoms with Crippen LogP contribution in [-0.2, 0) is 14.4 Å². The van der Waals surface area contributed by atoms with Crippen molar-refractivity contribution in [2.24, 2.45) is 17.6 Å². The Morgan fingerprint density at radius 1 is 1.21 bits per heavy atom. The lowest BCUT2D eigenvalue weighted by Crippen LogP contribution is -2.63. The monoisotopic (exact) mass is 494 g/mol. The van der Waals surface area contributed by atoms with Crippen molar-refractivity contribution in [3.05, 3.63) is 10.6 Å². The highest BCUT2D eigenvalue weighted by atomic mass is 32.2. The molecule has 4 rings (SSSR count). The minimum absolute atomic E-state index is 0.0187. The van der Waals surface area contributed by atoms with E-state index in [0.717, 1.165) is 6.42 Å². The zero-order valence-electron chi connectivity index (χ0n) is 19.8. The number of guanidine groups is 1. The molecule has 6 atom stereocenters. The quantitative estimate of drug-likeness (QED) is 0.222. The fourth-order valence-corrected chi connectivity index (χ4v) is 7.37. The van der Waals surface area contributed by atoms with Crippen molar-refractivity contribution < 1.29 is 24.6 Å². The van der Waals surface area contributed by atoms with E-state index in [1.165, 1.54) is 16.7 Å². The molecule has 0 bridgehead atoms. The molecule has 4 heterocycles. The highest BCUT2D eigenvalue weighted by Crippen LogP contribution is 2.52. The normalized spacial score (nSPS) is 33.0. The summed E-state index contributed by atoms with van der Waals surface area (Å²) < 4.78 is 0. The Kier molecular flexibility index (Phi) is 6.85. The Labute approximate surface area is 203 Å². The molecule has 5 N–H and O–H groups in total. The summed E-state index contributed by atoms with van der Waals surface area (Å²) in [5, 5.41) is 27.6. The molecule has 0 aromatic carbocycles. The second kappa shape index (κ2) is 9.38. The predicted octanol–water partition coefficient (Wildman–Crippen LogP) is -0.626. The van der Waals surface area contributed by atoms with Crippen LogP contribution >= 0.6 is 11.8 Å². The number of hydrogen-bond acceptors (Lipinski definition) is 7. The number of aliphatic hydroxyl groups is 1. The van der Waals surface area contributed by atoms with Crippen LogP contribution in [0.4, 0.5) is 0 Å². The molecule has 0 aliphatic carbocycles. The average molecular weight is 495 g/mol. The number of likely N-dealkylation sites (N-methyl/N-ethyl adjacent to an activating group) is 1. The van der Waals surface area contributed by atoms with Crippen molar-refractivity contribution in [3.63, 3.8) is 0 Å². The number of carbonyl (C=O) groups is 3. The van der Waals surface area contributed by atoms with Crippen LogP contribution in [0, 0.1) is 17.2 Å². The number of nitrogens with one attached hydrogen (secondary N) is 1. The van der Waals surface area contributed by atoms with E-state index in [4.69, 9.17) is 11.1 Å². The van der Waals surface area contributed by atoms with Gasteiger partial charge in [0, 0.05) is 48.8 Å². The van der Waals surface area contributed by atoms with E-state index in [1.807, 2.05) is 23.8 Å². The highest BCUT2D eigenvalue weighted by molar-refractivity contribution is 8.03. The number of nitrogens with two attached hydrogens (primary N) is 1. The van der Waals surface area contributed by atoms with Crippen LogP contribution in [0.2, 0.25) is 0 Å². The van der Waals surface area contributed by atoms with Crippen LogP contribution in [-0.4, -0.2) is 117 Å². The number of β-lactam (4-membered cyclic amide) rings is 1. The lowest BCUT2D eigenvalue weighted by molar-refractivity contribution is -0.163. The zero-order valence-corrected chi connectivity index (χ0v) is 20.6. The van der Waals surface area contributed by atoms with Gasteiger partial charge in [-0.15, -0.1) is 11.8 Å². The molecule has 0 aromatic rings. The first-order valence-corrected chi connectivity index (χ1v) is 12.6. The van der Waals surface area contributed by atoms with E-state index in [0.29, 0.717) is 44.0 Å². The van der Waals surface area contributed by atoms with Crippen LogP contribution in [0.1, 0.15) is 26.7 Å². The molecule has 0 radical (unpaired) electrons. The van der Waals surface area contributed by atoms with Gasteiger partial charge in [-0.1, -0.05) is 6.92 Å². The Morgan fingerprint density at radius 2 is 1.85 bits per heavy atom. The third kappa shape index (κ3) is 4.16. The van der Waals surface area contributed by atoms with Crippen LogP contribution in [0.3, 0.4) is 0 Å². The third-order valence-electron chi connectivity index (χ3n) is 7.55. The van der Waals surface area contributed by atoms with Gasteiger partial charge >= 0.3 is 5.97 Å². The molecular weight excluding hydrogens is 460 g/mol. The van der Waals surface area contributed by atoms with E-state index >= 15 is 0 Å². The molecule has 0 spiro atoms. The standard InChI is InChI=1S/C22H34N6O5S/c1-11-16-15(12(2)29)20(31)28(16)17(21(32)33)18(11)34-13-9-14(25(3)10-13)19(30)26-5-4-6-27(8-7-26)22(23)24/h11-16,29H,4-10H2,1-3H3,(H3,23,24)(H,32,33)/t11-,12?,13+,14+,15-,16-/m1/s1. The van der Waals surface area contributed by atoms with E-state index in [1.54, 1.807) is 11.8 Å². The van der Waals surface area contributed by atoms with Gasteiger partial charge in [0.25, 0.3) is 0 Å². The number of thioether (sulfide) groups is 1. The summed E-state index contributed by atoms with van der Waals surface area (Å²) in [6, 6.07) is -0.630. The SMILES string of the molecule is CC(O)[C@H]1C(=O)N2C(C(=O)O)=C(S[C@H]3C[C@@H](C(=O)N4CCCN(C(=N)N)CC4)N(C)C3)[C@H](C)[C@H]12. The van der Waals surface area contributed by atoms with Gasteiger partial charge in [0.15, 0.2) is 5.96 Å². The fourth-order valence-electron chi connectivity index (χ4n) is 5.77. The summed E-state index contributed by atoms with van der Waals surface area (Å²) in [6.07, 6.45) is 0.513. The zero-order chi connectivity index (χ0) is 24.9. The minimum Gasteiger partial charge on any atom is -0.477 e. The average Bonchev–Trinajstić information content (AvgIpc) is 3.09. The van der Waals surface area contributed by atoms with Crippen molar-refractivity contribution in [1.82, 2.24) is 19.6 Å². The summed E-state index contributed by atoms with van der Waals surface area (Å²) in [6.45, 7) is 6.45. The maximum atomic E-state index is 13.3. The minimum atomic E-state index is -1.13. The maximum Gasteiger partial charge on any atom is 0.353 e. The molecule has 12 heteroatoms. The van der Waals surface area contributed by atoms with Gasteiger partial charge in [-0.3, -0.25) is 19.9 Å². The van der Waals surface area contributed by atoms with Crippen molar-refractivity contribution in [1.29, 1.82) is 5.41 Å². The number of carbonyl (C=O) groups excluding carboxylic acids is 2. The molecule has 3 fully saturated rings. The molecule has 34 heavy (non-hydrogen) atoms. The highest BCUT2D eigenvalue weighted by Gasteiger charge is 2.60. The first-order chi connectivity index (χ1) is 16.0. The summed E-state index contributed by atoms with van der Waals surface area (Å²) >= 11 is 1.46. The summed E-state index contributed by atoms with van der Waals surface area (Å²) in [5.41, 5.74) is 5.64. The van der Waals surface area contributed by atoms with Crippen LogP contribution in [0.25, 0.3) is 0 Å². The lowest BCUT2D eigenvalue weighted by atomic mass is 9.79. The van der Waals surface area contributed by atoms with Crippen LogP contribution in [0.5, 0.6) is 0 Å². The van der Waals surface area contributed by atoms with Crippen molar-refractivity contribution in [2.75, 3.05) is 39.8 Å². The van der Waals surface area contributed by atoms with Gasteiger partial charge in [-0.2, -0.15) is 0 Å². The van der Waals surface area contributed by atoms with Crippen molar-refractivity contribution in [2.45, 2.75) is 50.1 Å². The summed E-state index contributed by atoms with van der Waals surface area (Å²) in [7, 11) is 1.91. The number of hydrogen-bond donors (Lipinski definition) is 4. The van der Waals surface area contributed by atoms with Crippen LogP contribution < -0.4 is 5.73 Å². The number of amides is 2. The number of nitrogens with zero attached hydrogens (tertiary/aromatic N) is 4. The molecule has 0 saturated carbocycles. The Morgan fingerprint density at radius 3 is 2.47 bits per heavy atom. The van der Waals surface area contributed by atoms with Gasteiger partial charge in [0.1, 0.15) is 5.70 Å². The van der Waals surface area contributed by atoms with E-state index in [9.17, 15) is 24.6 Å². The molecular formula is C22H34N6O5S. The van der Waals surface area contributed by atoms with Crippen molar-refractivity contribution in [3.8, 4) is 0 Å². The number of rotatable bonds is 5. The predicted molar refractivity (Wildman–Crippen MR) is 127 cm³/mol. The van der Waals surface area contributed by atoms with E-state index < -0.39 is 18.0 Å². The Balaban J connectivity index is 1.45. The molecule has 0 aromatic heterocycles. The lowest BCUT2D eigenvalue weighted by Gasteiger charge is -2.46. The second-order valence-electron chi connectivity index (χ2n) is 9.75.